The second-order valence-electron chi connectivity index (χ2n) is 3.13. The Morgan fingerprint density at radius 1 is 1.08 bits per heavy atom. The van der Waals surface area contributed by atoms with Gasteiger partial charge in [0.15, 0.2) is 0 Å². The number of nitrogens with one attached hydrogen (secondary N) is 2. The van der Waals surface area contributed by atoms with E-state index in [1.54, 1.807) is 0 Å². The van der Waals surface area contributed by atoms with Crippen molar-refractivity contribution in [3.63, 3.8) is 0 Å². The van der Waals surface area contributed by atoms with Gasteiger partial charge in [0.25, 0.3) is 0 Å². The quantitative estimate of drug-likeness (QED) is 0.561. The molecule has 0 aromatic heterocycles. The average molecular weight is 162 g/mol. The molecule has 2 aliphatic rings. The number of rotatable bonds is 1. The van der Waals surface area contributed by atoms with Crippen LogP contribution in [-0.4, -0.2) is 18.6 Å². The summed E-state index contributed by atoms with van der Waals surface area (Å²) in [5.74, 6) is 0. The van der Waals surface area contributed by atoms with Crippen molar-refractivity contribution in [3.05, 3.63) is 36.6 Å². The lowest BCUT2D eigenvalue weighted by Crippen LogP contribution is -2.46. The Kier molecular flexibility index (Phi) is 2.28. The maximum absolute atomic E-state index is 3.45. The van der Waals surface area contributed by atoms with Crippen molar-refractivity contribution in [2.45, 2.75) is 18.5 Å². The van der Waals surface area contributed by atoms with E-state index in [1.165, 1.54) is 0 Å². The Labute approximate surface area is 73.0 Å². The van der Waals surface area contributed by atoms with Gasteiger partial charge in [0, 0.05) is 6.04 Å². The topological polar surface area (TPSA) is 24.1 Å². The molecule has 0 saturated carbocycles. The summed E-state index contributed by atoms with van der Waals surface area (Å²) in [6.07, 6.45) is 13.9. The fraction of sp³-hybridized carbons (Fsp3) is 0.400. The van der Waals surface area contributed by atoms with Crippen LogP contribution in [-0.2, 0) is 0 Å². The van der Waals surface area contributed by atoms with Crippen molar-refractivity contribution in [2.75, 3.05) is 6.54 Å². The van der Waals surface area contributed by atoms with Gasteiger partial charge in [0.1, 0.15) is 0 Å². The third-order valence-electron chi connectivity index (χ3n) is 2.24. The van der Waals surface area contributed by atoms with Crippen molar-refractivity contribution in [1.29, 1.82) is 0 Å². The zero-order chi connectivity index (χ0) is 8.23. The normalized spacial score (nSPS) is 33.3. The molecule has 2 atom stereocenters. The molecule has 2 nitrogen and oxygen atoms in total. The van der Waals surface area contributed by atoms with Gasteiger partial charge in [-0.2, -0.15) is 0 Å². The first-order valence-electron chi connectivity index (χ1n) is 4.46. The lowest BCUT2D eigenvalue weighted by atomic mass is 10.0. The van der Waals surface area contributed by atoms with Gasteiger partial charge in [-0.1, -0.05) is 24.3 Å². The van der Waals surface area contributed by atoms with Crippen LogP contribution in [0.1, 0.15) is 6.42 Å². The number of dihydropyridines is 1. The minimum atomic E-state index is 0.423. The van der Waals surface area contributed by atoms with Gasteiger partial charge in [-0.05, 0) is 25.2 Å². The molecule has 64 valence electrons. The molecule has 2 heterocycles. The van der Waals surface area contributed by atoms with Crippen LogP contribution in [0.4, 0.5) is 0 Å². The molecule has 2 heteroatoms. The van der Waals surface area contributed by atoms with Gasteiger partial charge in [-0.3, -0.25) is 0 Å². The Morgan fingerprint density at radius 2 is 2.08 bits per heavy atom. The minimum Gasteiger partial charge on any atom is -0.383 e. The standard InChI is InChI=1S/C10H14N2/c1-3-7-11-9(5-1)10-6-2-4-8-12-10/h1-3,5-7,9-12H,4,8H2. The van der Waals surface area contributed by atoms with E-state index in [-0.39, 0.29) is 0 Å². The summed E-state index contributed by atoms with van der Waals surface area (Å²) >= 11 is 0. The van der Waals surface area contributed by atoms with E-state index in [0.717, 1.165) is 13.0 Å². The van der Waals surface area contributed by atoms with E-state index in [1.807, 2.05) is 12.3 Å². The number of allylic oxidation sites excluding steroid dienone is 2. The highest BCUT2D eigenvalue weighted by molar-refractivity contribution is 5.18. The van der Waals surface area contributed by atoms with Crippen molar-refractivity contribution in [3.8, 4) is 0 Å². The molecule has 0 bridgehead atoms. The average Bonchev–Trinajstić information content (AvgIpc) is 2.21. The van der Waals surface area contributed by atoms with E-state index in [2.05, 4.69) is 34.9 Å². The van der Waals surface area contributed by atoms with E-state index >= 15 is 0 Å². The van der Waals surface area contributed by atoms with Crippen molar-refractivity contribution in [2.24, 2.45) is 0 Å². The summed E-state index contributed by atoms with van der Waals surface area (Å²) in [5.41, 5.74) is 0. The molecule has 2 N–H and O–H groups in total. The molecular formula is C10H14N2. The Hall–Kier alpha value is -1.02. The summed E-state index contributed by atoms with van der Waals surface area (Å²) in [7, 11) is 0. The van der Waals surface area contributed by atoms with Crippen LogP contribution in [0.2, 0.25) is 0 Å². The summed E-state index contributed by atoms with van der Waals surface area (Å²) < 4.78 is 0. The molecule has 2 rings (SSSR count). The second-order valence-corrected chi connectivity index (χ2v) is 3.13. The van der Waals surface area contributed by atoms with E-state index in [4.69, 9.17) is 0 Å². The van der Waals surface area contributed by atoms with Gasteiger partial charge in [0.05, 0.1) is 6.04 Å². The molecule has 0 aliphatic carbocycles. The first kappa shape index (κ1) is 7.62. The lowest BCUT2D eigenvalue weighted by Gasteiger charge is -2.27. The molecule has 0 spiro atoms. The molecular weight excluding hydrogens is 148 g/mol. The molecule has 2 aliphatic heterocycles. The van der Waals surface area contributed by atoms with E-state index in [9.17, 15) is 0 Å². The SMILES string of the molecule is C1=CNC(C2C=CCCN2)C=C1. The third kappa shape index (κ3) is 1.59. The fourth-order valence-electron chi connectivity index (χ4n) is 1.58. The van der Waals surface area contributed by atoms with Gasteiger partial charge < -0.3 is 10.6 Å². The van der Waals surface area contributed by atoms with E-state index < -0.39 is 0 Å². The zero-order valence-electron chi connectivity index (χ0n) is 7.03. The molecule has 0 radical (unpaired) electrons. The highest BCUT2D eigenvalue weighted by Crippen LogP contribution is 2.06. The molecule has 0 aromatic carbocycles. The molecule has 0 amide bonds. The van der Waals surface area contributed by atoms with Crippen molar-refractivity contribution >= 4 is 0 Å². The predicted octanol–water partition coefficient (Wildman–Crippen LogP) is 0.946. The maximum Gasteiger partial charge on any atom is 0.0631 e. The molecule has 0 fully saturated rings. The third-order valence-corrected chi connectivity index (χ3v) is 2.24. The first-order chi connectivity index (χ1) is 5.97. The van der Waals surface area contributed by atoms with Crippen molar-refractivity contribution in [1.82, 2.24) is 10.6 Å². The van der Waals surface area contributed by atoms with Crippen LogP contribution in [0, 0.1) is 0 Å². The van der Waals surface area contributed by atoms with Crippen LogP contribution in [0.25, 0.3) is 0 Å². The molecule has 12 heavy (non-hydrogen) atoms. The Morgan fingerprint density at radius 3 is 2.75 bits per heavy atom. The summed E-state index contributed by atoms with van der Waals surface area (Å²) in [6.45, 7) is 1.09. The van der Waals surface area contributed by atoms with Crippen LogP contribution < -0.4 is 10.6 Å². The van der Waals surface area contributed by atoms with Crippen LogP contribution in [0.5, 0.6) is 0 Å². The van der Waals surface area contributed by atoms with Crippen LogP contribution in [0.3, 0.4) is 0 Å². The zero-order valence-corrected chi connectivity index (χ0v) is 7.03. The molecule has 2 unspecified atom stereocenters. The summed E-state index contributed by atoms with van der Waals surface area (Å²) in [6, 6.07) is 0.881. The van der Waals surface area contributed by atoms with Crippen LogP contribution in [0.15, 0.2) is 36.6 Å². The van der Waals surface area contributed by atoms with Gasteiger partial charge in [-0.15, -0.1) is 0 Å². The van der Waals surface area contributed by atoms with Gasteiger partial charge >= 0.3 is 0 Å². The Balaban J connectivity index is 1.99. The summed E-state index contributed by atoms with van der Waals surface area (Å²) in [5, 5.41) is 6.76. The smallest absolute Gasteiger partial charge is 0.0631 e. The fourth-order valence-corrected chi connectivity index (χ4v) is 1.58. The monoisotopic (exact) mass is 162 g/mol. The lowest BCUT2D eigenvalue weighted by molar-refractivity contribution is 0.495. The largest absolute Gasteiger partial charge is 0.383 e. The molecule has 0 aromatic rings. The maximum atomic E-state index is 3.45. The first-order valence-corrected chi connectivity index (χ1v) is 4.46. The van der Waals surface area contributed by atoms with Crippen molar-refractivity contribution < 1.29 is 0 Å². The predicted molar refractivity (Wildman–Crippen MR) is 50.8 cm³/mol. The number of hydrogen-bond acceptors (Lipinski definition) is 2. The van der Waals surface area contributed by atoms with Gasteiger partial charge in [-0.25, -0.2) is 0 Å². The minimum absolute atomic E-state index is 0.423. The highest BCUT2D eigenvalue weighted by Gasteiger charge is 2.16. The highest BCUT2D eigenvalue weighted by atomic mass is 15.0. The van der Waals surface area contributed by atoms with E-state index in [0.29, 0.717) is 12.1 Å². The van der Waals surface area contributed by atoms with Crippen LogP contribution >= 0.6 is 0 Å². The summed E-state index contributed by atoms with van der Waals surface area (Å²) in [4.78, 5) is 0. The second kappa shape index (κ2) is 3.59. The van der Waals surface area contributed by atoms with Gasteiger partial charge in [0.2, 0.25) is 0 Å². The number of hydrogen-bond donors (Lipinski definition) is 2. The molecule has 0 saturated heterocycles. The Bertz CT molecular complexity index is 228.